The van der Waals surface area contributed by atoms with Gasteiger partial charge in [0.05, 0.1) is 0 Å². The van der Waals surface area contributed by atoms with Crippen LogP contribution in [0, 0.1) is 0 Å². The second-order valence-corrected chi connectivity index (χ2v) is 5.31. The average Bonchev–Trinajstić information content (AvgIpc) is 2.56. The summed E-state index contributed by atoms with van der Waals surface area (Å²) in [5.74, 6) is 1.02. The third kappa shape index (κ3) is 2.83. The molecule has 104 valence electrons. The molecule has 0 spiro atoms. The van der Waals surface area contributed by atoms with Gasteiger partial charge in [0.15, 0.2) is 0 Å². The van der Waals surface area contributed by atoms with Gasteiger partial charge < -0.3 is 10.0 Å². The summed E-state index contributed by atoms with van der Waals surface area (Å²) in [7, 11) is 0. The van der Waals surface area contributed by atoms with Crippen molar-refractivity contribution in [3.8, 4) is 0 Å². The van der Waals surface area contributed by atoms with E-state index in [1.165, 1.54) is 19.3 Å². The van der Waals surface area contributed by atoms with E-state index in [9.17, 15) is 5.11 Å². The second-order valence-electron chi connectivity index (χ2n) is 5.31. The van der Waals surface area contributed by atoms with Crippen LogP contribution in [0.25, 0.3) is 0 Å². The molecule has 1 aliphatic rings. The highest BCUT2D eigenvalue weighted by molar-refractivity contribution is 5.41. The van der Waals surface area contributed by atoms with Crippen molar-refractivity contribution < 1.29 is 5.11 Å². The SMILES string of the molecule is O[C@@H](c1ccccc1)c1ccc(N2CCCCC2)nc1. The molecule has 0 amide bonds. The van der Waals surface area contributed by atoms with Crippen LogP contribution >= 0.6 is 0 Å². The van der Waals surface area contributed by atoms with Gasteiger partial charge in [0.1, 0.15) is 11.9 Å². The molecule has 3 rings (SSSR count). The number of rotatable bonds is 3. The summed E-state index contributed by atoms with van der Waals surface area (Å²) >= 11 is 0. The van der Waals surface area contributed by atoms with Crippen LogP contribution in [0.3, 0.4) is 0 Å². The van der Waals surface area contributed by atoms with Crippen LogP contribution in [-0.2, 0) is 0 Å². The number of benzene rings is 1. The van der Waals surface area contributed by atoms with E-state index in [0.717, 1.165) is 30.0 Å². The Bertz CT molecular complexity index is 533. The maximum Gasteiger partial charge on any atom is 0.128 e. The van der Waals surface area contributed by atoms with Crippen molar-refractivity contribution in [1.29, 1.82) is 0 Å². The van der Waals surface area contributed by atoms with Crippen LogP contribution in [0.15, 0.2) is 48.7 Å². The topological polar surface area (TPSA) is 36.4 Å². The predicted molar refractivity (Wildman–Crippen MR) is 80.8 cm³/mol. The molecule has 1 saturated heterocycles. The summed E-state index contributed by atoms with van der Waals surface area (Å²) in [5.41, 5.74) is 1.75. The minimum absolute atomic E-state index is 0.598. The highest BCUT2D eigenvalue weighted by atomic mass is 16.3. The quantitative estimate of drug-likeness (QED) is 0.929. The van der Waals surface area contributed by atoms with Gasteiger partial charge in [0, 0.05) is 24.8 Å². The van der Waals surface area contributed by atoms with Crippen LogP contribution < -0.4 is 4.90 Å². The molecule has 3 heteroatoms. The Morgan fingerprint density at radius 2 is 1.65 bits per heavy atom. The fourth-order valence-corrected chi connectivity index (χ4v) is 2.70. The lowest BCUT2D eigenvalue weighted by atomic mass is 10.0. The van der Waals surface area contributed by atoms with Gasteiger partial charge >= 0.3 is 0 Å². The van der Waals surface area contributed by atoms with Crippen molar-refractivity contribution in [2.75, 3.05) is 18.0 Å². The van der Waals surface area contributed by atoms with Crippen LogP contribution in [0.1, 0.15) is 36.5 Å². The van der Waals surface area contributed by atoms with E-state index in [2.05, 4.69) is 9.88 Å². The number of hydrogen-bond donors (Lipinski definition) is 1. The maximum absolute atomic E-state index is 10.3. The van der Waals surface area contributed by atoms with E-state index < -0.39 is 6.10 Å². The molecular weight excluding hydrogens is 248 g/mol. The van der Waals surface area contributed by atoms with Crippen LogP contribution in [0.4, 0.5) is 5.82 Å². The summed E-state index contributed by atoms with van der Waals surface area (Å²) in [6.07, 6.45) is 5.01. The van der Waals surface area contributed by atoms with Crippen LogP contribution in [-0.4, -0.2) is 23.2 Å². The highest BCUT2D eigenvalue weighted by Gasteiger charge is 2.14. The van der Waals surface area contributed by atoms with Gasteiger partial charge in [-0.3, -0.25) is 0 Å². The van der Waals surface area contributed by atoms with Crippen molar-refractivity contribution in [3.05, 3.63) is 59.8 Å². The molecule has 0 saturated carbocycles. The second kappa shape index (κ2) is 6.06. The lowest BCUT2D eigenvalue weighted by Crippen LogP contribution is -2.30. The van der Waals surface area contributed by atoms with E-state index in [4.69, 9.17) is 0 Å². The van der Waals surface area contributed by atoms with Gasteiger partial charge in [-0.25, -0.2) is 4.98 Å². The minimum Gasteiger partial charge on any atom is -0.384 e. The van der Waals surface area contributed by atoms with E-state index in [1.807, 2.05) is 42.5 Å². The molecule has 1 aromatic carbocycles. The van der Waals surface area contributed by atoms with Gasteiger partial charge in [-0.05, 0) is 30.9 Å². The first-order valence-corrected chi connectivity index (χ1v) is 7.28. The third-order valence-electron chi connectivity index (χ3n) is 3.88. The van der Waals surface area contributed by atoms with Crippen molar-refractivity contribution in [2.24, 2.45) is 0 Å². The molecular formula is C17H20N2O. The number of aliphatic hydroxyl groups is 1. The number of aliphatic hydroxyl groups excluding tert-OH is 1. The summed E-state index contributed by atoms with van der Waals surface area (Å²) in [4.78, 5) is 6.84. The first-order valence-electron chi connectivity index (χ1n) is 7.28. The van der Waals surface area contributed by atoms with Crippen LogP contribution in [0.5, 0.6) is 0 Å². The monoisotopic (exact) mass is 268 g/mol. The fraction of sp³-hybridized carbons (Fsp3) is 0.353. The zero-order valence-electron chi connectivity index (χ0n) is 11.6. The van der Waals surface area contributed by atoms with E-state index >= 15 is 0 Å². The largest absolute Gasteiger partial charge is 0.384 e. The Labute approximate surface area is 119 Å². The third-order valence-corrected chi connectivity index (χ3v) is 3.88. The molecule has 1 fully saturated rings. The lowest BCUT2D eigenvalue weighted by molar-refractivity contribution is 0.220. The zero-order chi connectivity index (χ0) is 13.8. The van der Waals surface area contributed by atoms with Gasteiger partial charge in [-0.1, -0.05) is 36.4 Å². The van der Waals surface area contributed by atoms with E-state index in [1.54, 1.807) is 6.20 Å². The standard InChI is InChI=1S/C17H20N2O/c20-17(14-7-3-1-4-8-14)15-9-10-16(18-13-15)19-11-5-2-6-12-19/h1,3-4,7-10,13,17,20H,2,5-6,11-12H2/t17-/m0/s1. The number of nitrogens with zero attached hydrogens (tertiary/aromatic N) is 2. The molecule has 1 aliphatic heterocycles. The summed E-state index contributed by atoms with van der Waals surface area (Å²) in [6.45, 7) is 2.18. The minimum atomic E-state index is -0.598. The molecule has 20 heavy (non-hydrogen) atoms. The van der Waals surface area contributed by atoms with Crippen molar-refractivity contribution in [1.82, 2.24) is 4.98 Å². The Hall–Kier alpha value is -1.87. The van der Waals surface area contributed by atoms with E-state index in [0.29, 0.717) is 0 Å². The van der Waals surface area contributed by atoms with Gasteiger partial charge in [0.2, 0.25) is 0 Å². The molecule has 2 heterocycles. The van der Waals surface area contributed by atoms with Gasteiger partial charge in [-0.15, -0.1) is 0 Å². The predicted octanol–water partition coefficient (Wildman–Crippen LogP) is 3.15. The van der Waals surface area contributed by atoms with Crippen molar-refractivity contribution in [2.45, 2.75) is 25.4 Å². The molecule has 0 radical (unpaired) electrons. The van der Waals surface area contributed by atoms with Crippen molar-refractivity contribution >= 4 is 5.82 Å². The molecule has 0 unspecified atom stereocenters. The van der Waals surface area contributed by atoms with Gasteiger partial charge in [0.25, 0.3) is 0 Å². The number of piperidine rings is 1. The normalized spacial score (nSPS) is 16.9. The van der Waals surface area contributed by atoms with Crippen molar-refractivity contribution in [3.63, 3.8) is 0 Å². The lowest BCUT2D eigenvalue weighted by Gasteiger charge is -2.27. The first kappa shape index (κ1) is 13.1. The molecule has 1 N–H and O–H groups in total. The fourth-order valence-electron chi connectivity index (χ4n) is 2.70. The maximum atomic E-state index is 10.3. The molecule has 0 bridgehead atoms. The van der Waals surface area contributed by atoms with Gasteiger partial charge in [-0.2, -0.15) is 0 Å². The summed E-state index contributed by atoms with van der Waals surface area (Å²) < 4.78 is 0. The molecule has 1 atom stereocenters. The smallest absolute Gasteiger partial charge is 0.128 e. The Balaban J connectivity index is 1.75. The molecule has 3 nitrogen and oxygen atoms in total. The Kier molecular flexibility index (Phi) is 3.97. The van der Waals surface area contributed by atoms with E-state index in [-0.39, 0.29) is 0 Å². The number of hydrogen-bond acceptors (Lipinski definition) is 3. The van der Waals surface area contributed by atoms with Crippen LogP contribution in [0.2, 0.25) is 0 Å². The molecule has 1 aromatic heterocycles. The summed E-state index contributed by atoms with van der Waals surface area (Å²) in [6, 6.07) is 13.7. The average molecular weight is 268 g/mol. The number of aromatic nitrogens is 1. The highest BCUT2D eigenvalue weighted by Crippen LogP contribution is 2.23. The zero-order valence-corrected chi connectivity index (χ0v) is 11.6. The number of pyridine rings is 1. The number of anilines is 1. The summed E-state index contributed by atoms with van der Waals surface area (Å²) in [5, 5.41) is 10.3. The first-order chi connectivity index (χ1) is 9.84. The Morgan fingerprint density at radius 3 is 2.30 bits per heavy atom. The molecule has 2 aromatic rings. The molecule has 0 aliphatic carbocycles. The Morgan fingerprint density at radius 1 is 0.900 bits per heavy atom.